The highest BCUT2D eigenvalue weighted by Crippen LogP contribution is 2.31. The van der Waals surface area contributed by atoms with Crippen molar-refractivity contribution in [3.63, 3.8) is 0 Å². The molecule has 0 saturated carbocycles. The Kier molecular flexibility index (Phi) is 5.36. The van der Waals surface area contributed by atoms with Gasteiger partial charge in [-0.25, -0.2) is 4.79 Å². The summed E-state index contributed by atoms with van der Waals surface area (Å²) in [6, 6.07) is 5.44. The summed E-state index contributed by atoms with van der Waals surface area (Å²) in [6.07, 6.45) is 6.14. The fraction of sp³-hybridized carbons (Fsp3) is 0.444. The normalized spacial score (nSPS) is 16.9. The number of carbonyl (C=O) groups excluding carboxylic acids is 2. The van der Waals surface area contributed by atoms with Crippen molar-refractivity contribution in [2.75, 3.05) is 32.9 Å². The third kappa shape index (κ3) is 4.28. The molecule has 2 heterocycles. The van der Waals surface area contributed by atoms with E-state index < -0.39 is 5.97 Å². The van der Waals surface area contributed by atoms with Crippen molar-refractivity contribution in [3.8, 4) is 11.5 Å². The van der Waals surface area contributed by atoms with E-state index in [4.69, 9.17) is 14.2 Å². The zero-order chi connectivity index (χ0) is 16.8. The van der Waals surface area contributed by atoms with Gasteiger partial charge in [0.25, 0.3) is 5.91 Å². The van der Waals surface area contributed by atoms with E-state index in [0.29, 0.717) is 24.7 Å². The van der Waals surface area contributed by atoms with Crippen LogP contribution in [0.1, 0.15) is 24.8 Å². The first-order valence-corrected chi connectivity index (χ1v) is 8.24. The Bertz CT molecular complexity index is 634. The van der Waals surface area contributed by atoms with Gasteiger partial charge in [0.1, 0.15) is 13.2 Å². The molecule has 6 heteroatoms. The van der Waals surface area contributed by atoms with Gasteiger partial charge in [-0.2, -0.15) is 0 Å². The van der Waals surface area contributed by atoms with Crippen LogP contribution in [0.5, 0.6) is 11.5 Å². The Morgan fingerprint density at radius 1 is 1.08 bits per heavy atom. The first-order chi connectivity index (χ1) is 11.7. The number of carbonyl (C=O) groups is 2. The molecule has 0 unspecified atom stereocenters. The van der Waals surface area contributed by atoms with E-state index in [1.807, 2.05) is 6.07 Å². The monoisotopic (exact) mass is 331 g/mol. The number of likely N-dealkylation sites (tertiary alicyclic amines) is 1. The molecular weight excluding hydrogens is 310 g/mol. The maximum atomic E-state index is 11.9. The minimum Gasteiger partial charge on any atom is -0.486 e. The number of hydrogen-bond acceptors (Lipinski definition) is 5. The second-order valence-corrected chi connectivity index (χ2v) is 5.79. The van der Waals surface area contributed by atoms with Gasteiger partial charge in [-0.15, -0.1) is 0 Å². The van der Waals surface area contributed by atoms with E-state index in [1.54, 1.807) is 23.1 Å². The highest BCUT2D eigenvalue weighted by molar-refractivity contribution is 5.89. The van der Waals surface area contributed by atoms with Crippen LogP contribution in [0, 0.1) is 0 Å². The molecular formula is C18H21NO5. The smallest absolute Gasteiger partial charge is 0.331 e. The van der Waals surface area contributed by atoms with Gasteiger partial charge in [0.05, 0.1) is 0 Å². The average Bonchev–Trinajstić information content (AvgIpc) is 2.65. The quantitative estimate of drug-likeness (QED) is 0.624. The lowest BCUT2D eigenvalue weighted by molar-refractivity contribution is -0.148. The number of rotatable bonds is 4. The van der Waals surface area contributed by atoms with Crippen molar-refractivity contribution in [1.82, 2.24) is 4.90 Å². The third-order valence-corrected chi connectivity index (χ3v) is 4.02. The second kappa shape index (κ2) is 7.86. The van der Waals surface area contributed by atoms with Crippen LogP contribution >= 0.6 is 0 Å². The lowest BCUT2D eigenvalue weighted by Crippen LogP contribution is -2.38. The van der Waals surface area contributed by atoms with Crippen LogP contribution in [0.15, 0.2) is 24.3 Å². The van der Waals surface area contributed by atoms with Gasteiger partial charge in [-0.1, -0.05) is 6.07 Å². The first-order valence-electron chi connectivity index (χ1n) is 8.24. The van der Waals surface area contributed by atoms with Crippen LogP contribution in [0.2, 0.25) is 0 Å². The summed E-state index contributed by atoms with van der Waals surface area (Å²) < 4.78 is 16.0. The van der Waals surface area contributed by atoms with E-state index >= 15 is 0 Å². The number of amides is 1. The molecule has 6 nitrogen and oxygen atoms in total. The summed E-state index contributed by atoms with van der Waals surface area (Å²) in [5, 5.41) is 0. The minimum atomic E-state index is -0.532. The van der Waals surface area contributed by atoms with Gasteiger partial charge in [-0.05, 0) is 43.0 Å². The predicted octanol–water partition coefficient (Wildman–Crippen LogP) is 2.03. The maximum Gasteiger partial charge on any atom is 0.331 e. The molecule has 0 N–H and O–H groups in total. The molecule has 0 radical (unpaired) electrons. The SMILES string of the molecule is O=C(/C=C/c1ccc2c(c1)OCCO2)OCC(=O)N1CCCCC1. The molecule has 0 aliphatic carbocycles. The lowest BCUT2D eigenvalue weighted by Gasteiger charge is -2.26. The summed E-state index contributed by atoms with van der Waals surface area (Å²) in [4.78, 5) is 25.4. The van der Waals surface area contributed by atoms with Gasteiger partial charge in [0.15, 0.2) is 18.1 Å². The Hall–Kier alpha value is -2.50. The van der Waals surface area contributed by atoms with E-state index in [1.165, 1.54) is 6.08 Å². The van der Waals surface area contributed by atoms with Gasteiger partial charge in [0, 0.05) is 19.2 Å². The molecule has 2 aliphatic heterocycles. The molecule has 0 bridgehead atoms. The predicted molar refractivity (Wildman–Crippen MR) is 87.9 cm³/mol. The van der Waals surface area contributed by atoms with Crippen LogP contribution in [0.3, 0.4) is 0 Å². The number of esters is 1. The topological polar surface area (TPSA) is 65.1 Å². The molecule has 24 heavy (non-hydrogen) atoms. The van der Waals surface area contributed by atoms with E-state index in [-0.39, 0.29) is 12.5 Å². The van der Waals surface area contributed by atoms with Crippen molar-refractivity contribution >= 4 is 18.0 Å². The molecule has 2 aliphatic rings. The van der Waals surface area contributed by atoms with Crippen LogP contribution in [0.4, 0.5) is 0 Å². The molecule has 3 rings (SSSR count). The van der Waals surface area contributed by atoms with E-state index in [9.17, 15) is 9.59 Å². The summed E-state index contributed by atoms with van der Waals surface area (Å²) in [5.74, 6) is 0.705. The summed E-state index contributed by atoms with van der Waals surface area (Å²) in [5.41, 5.74) is 0.804. The maximum absolute atomic E-state index is 11.9. The van der Waals surface area contributed by atoms with Crippen molar-refractivity contribution in [1.29, 1.82) is 0 Å². The standard InChI is InChI=1S/C18H21NO5/c20-17(19-8-2-1-3-9-19)13-24-18(21)7-5-14-4-6-15-16(12-14)23-11-10-22-15/h4-7,12H,1-3,8-11,13H2/b7-5+. The fourth-order valence-corrected chi connectivity index (χ4v) is 2.74. The zero-order valence-corrected chi connectivity index (χ0v) is 13.5. The Balaban J connectivity index is 1.49. The number of hydrogen-bond donors (Lipinski definition) is 0. The van der Waals surface area contributed by atoms with Gasteiger partial charge in [0.2, 0.25) is 0 Å². The van der Waals surface area contributed by atoms with Gasteiger partial charge in [-0.3, -0.25) is 4.79 Å². The zero-order valence-electron chi connectivity index (χ0n) is 13.5. The van der Waals surface area contributed by atoms with Crippen molar-refractivity contribution in [2.24, 2.45) is 0 Å². The molecule has 1 saturated heterocycles. The Morgan fingerprint density at radius 2 is 1.83 bits per heavy atom. The number of benzene rings is 1. The van der Waals surface area contributed by atoms with Crippen molar-refractivity contribution in [2.45, 2.75) is 19.3 Å². The first kappa shape index (κ1) is 16.4. The molecule has 1 fully saturated rings. The Labute approximate surface area is 141 Å². The summed E-state index contributed by atoms with van der Waals surface area (Å²) in [7, 11) is 0. The van der Waals surface area contributed by atoms with Crippen molar-refractivity contribution in [3.05, 3.63) is 29.8 Å². The van der Waals surface area contributed by atoms with Crippen LogP contribution < -0.4 is 9.47 Å². The largest absolute Gasteiger partial charge is 0.486 e. The van der Waals surface area contributed by atoms with Crippen LogP contribution in [-0.2, 0) is 14.3 Å². The molecule has 0 spiro atoms. The molecule has 1 aromatic carbocycles. The number of nitrogens with zero attached hydrogens (tertiary/aromatic N) is 1. The minimum absolute atomic E-state index is 0.129. The number of ether oxygens (including phenoxy) is 3. The number of fused-ring (bicyclic) bond motifs is 1. The molecule has 0 aromatic heterocycles. The molecule has 1 aromatic rings. The van der Waals surface area contributed by atoms with E-state index in [2.05, 4.69) is 0 Å². The average molecular weight is 331 g/mol. The van der Waals surface area contributed by atoms with Gasteiger partial charge < -0.3 is 19.1 Å². The molecule has 128 valence electrons. The van der Waals surface area contributed by atoms with E-state index in [0.717, 1.165) is 37.9 Å². The lowest BCUT2D eigenvalue weighted by atomic mass is 10.1. The van der Waals surface area contributed by atoms with Crippen molar-refractivity contribution < 1.29 is 23.8 Å². The Morgan fingerprint density at radius 3 is 2.62 bits per heavy atom. The van der Waals surface area contributed by atoms with Crippen LogP contribution in [0.25, 0.3) is 6.08 Å². The van der Waals surface area contributed by atoms with Crippen LogP contribution in [-0.4, -0.2) is 49.7 Å². The fourth-order valence-electron chi connectivity index (χ4n) is 2.74. The number of piperidine rings is 1. The second-order valence-electron chi connectivity index (χ2n) is 5.79. The summed E-state index contributed by atoms with van der Waals surface area (Å²) in [6.45, 7) is 2.36. The third-order valence-electron chi connectivity index (χ3n) is 4.02. The molecule has 1 amide bonds. The molecule has 0 atom stereocenters. The van der Waals surface area contributed by atoms with Gasteiger partial charge >= 0.3 is 5.97 Å². The highest BCUT2D eigenvalue weighted by atomic mass is 16.6. The summed E-state index contributed by atoms with van der Waals surface area (Å²) >= 11 is 0. The highest BCUT2D eigenvalue weighted by Gasteiger charge is 2.17.